The van der Waals surface area contributed by atoms with Gasteiger partial charge in [0, 0.05) is 25.1 Å². The Bertz CT molecular complexity index is 1860. The number of methoxy groups -OCH3 is 3. The Labute approximate surface area is 295 Å². The number of ether oxygens (including phenoxy) is 3. The molecular weight excluding hydrogens is 655 g/mol. The van der Waals surface area contributed by atoms with Gasteiger partial charge < -0.3 is 24.4 Å². The maximum Gasteiger partial charge on any atom is 0.264 e. The van der Waals surface area contributed by atoms with Crippen LogP contribution in [0.5, 0.6) is 17.2 Å². The molecule has 0 bridgehead atoms. The van der Waals surface area contributed by atoms with Crippen LogP contribution in [0, 0.1) is 6.92 Å². The van der Waals surface area contributed by atoms with Crippen LogP contribution in [0.1, 0.15) is 42.4 Å². The van der Waals surface area contributed by atoms with Crippen molar-refractivity contribution in [3.63, 3.8) is 0 Å². The molecule has 4 aromatic rings. The molecule has 2 amide bonds. The lowest BCUT2D eigenvalue weighted by Crippen LogP contribution is -2.54. The second-order valence-electron chi connectivity index (χ2n) is 12.4. The summed E-state index contributed by atoms with van der Waals surface area (Å²) in [5, 5.41) is 3.20. The molecule has 0 spiro atoms. The predicted molar refractivity (Wildman–Crippen MR) is 193 cm³/mol. The lowest BCUT2D eigenvalue weighted by Gasteiger charge is -2.34. The van der Waals surface area contributed by atoms with Crippen LogP contribution in [-0.2, 0) is 32.6 Å². The van der Waals surface area contributed by atoms with E-state index in [0.717, 1.165) is 46.7 Å². The number of anilines is 1. The van der Waals surface area contributed by atoms with E-state index in [9.17, 15) is 18.0 Å². The molecule has 1 aliphatic rings. The van der Waals surface area contributed by atoms with Crippen LogP contribution in [0.3, 0.4) is 0 Å². The van der Waals surface area contributed by atoms with Gasteiger partial charge in [-0.3, -0.25) is 13.9 Å². The molecule has 0 unspecified atom stereocenters. The van der Waals surface area contributed by atoms with Gasteiger partial charge in [-0.05, 0) is 67.3 Å². The molecule has 10 nitrogen and oxygen atoms in total. The zero-order chi connectivity index (χ0) is 35.7. The van der Waals surface area contributed by atoms with Crippen LogP contribution < -0.4 is 23.8 Å². The number of aryl methyl sites for hydroxylation is 1. The monoisotopic (exact) mass is 699 g/mol. The van der Waals surface area contributed by atoms with Gasteiger partial charge in [0.25, 0.3) is 10.0 Å². The number of amides is 2. The SMILES string of the molecule is COc1cccc(CN(C(=O)CN(c2cc(OC)ccc2OC)S(=O)(=O)c2ccc(C)cc2)[C@@H](Cc2ccccc2)C(=O)NC2CCCC2)c1. The minimum absolute atomic E-state index is 0.0000642. The van der Waals surface area contributed by atoms with Crippen molar-refractivity contribution in [3.8, 4) is 17.2 Å². The fraction of sp³-hybridized carbons (Fsp3) is 0.333. The molecule has 0 aliphatic heterocycles. The van der Waals surface area contributed by atoms with E-state index in [1.807, 2.05) is 49.4 Å². The summed E-state index contributed by atoms with van der Waals surface area (Å²) < 4.78 is 46.6. The molecule has 0 radical (unpaired) electrons. The van der Waals surface area contributed by atoms with Crippen molar-refractivity contribution in [2.24, 2.45) is 0 Å². The molecule has 0 heterocycles. The fourth-order valence-electron chi connectivity index (χ4n) is 6.23. The van der Waals surface area contributed by atoms with Gasteiger partial charge >= 0.3 is 0 Å². The van der Waals surface area contributed by atoms with Crippen molar-refractivity contribution in [2.45, 2.75) is 62.6 Å². The normalized spacial score (nSPS) is 13.7. The van der Waals surface area contributed by atoms with E-state index in [0.29, 0.717) is 11.5 Å². The summed E-state index contributed by atoms with van der Waals surface area (Å²) in [4.78, 5) is 30.6. The lowest BCUT2D eigenvalue weighted by atomic mass is 10.0. The first-order chi connectivity index (χ1) is 24.1. The maximum atomic E-state index is 14.9. The minimum Gasteiger partial charge on any atom is -0.497 e. The zero-order valence-corrected chi connectivity index (χ0v) is 29.8. The quantitative estimate of drug-likeness (QED) is 0.164. The Morgan fingerprint density at radius 1 is 0.800 bits per heavy atom. The summed E-state index contributed by atoms with van der Waals surface area (Å²) in [6.45, 7) is 1.27. The Hall–Kier alpha value is -5.03. The summed E-state index contributed by atoms with van der Waals surface area (Å²) in [6.07, 6.45) is 4.00. The van der Waals surface area contributed by atoms with Crippen LogP contribution in [0.2, 0.25) is 0 Å². The van der Waals surface area contributed by atoms with Gasteiger partial charge in [-0.15, -0.1) is 0 Å². The van der Waals surface area contributed by atoms with Crippen molar-refractivity contribution >= 4 is 27.5 Å². The second-order valence-corrected chi connectivity index (χ2v) is 14.3. The number of benzene rings is 4. The van der Waals surface area contributed by atoms with Crippen LogP contribution in [-0.4, -0.2) is 65.1 Å². The largest absolute Gasteiger partial charge is 0.497 e. The fourth-order valence-corrected chi connectivity index (χ4v) is 7.65. The number of carbonyl (C=O) groups is 2. The molecule has 1 fully saturated rings. The van der Waals surface area contributed by atoms with Gasteiger partial charge in [-0.2, -0.15) is 0 Å². The number of sulfonamides is 1. The topological polar surface area (TPSA) is 114 Å². The molecule has 264 valence electrons. The molecule has 1 saturated carbocycles. The Morgan fingerprint density at radius 3 is 2.12 bits per heavy atom. The number of hydrogen-bond donors (Lipinski definition) is 1. The highest BCUT2D eigenvalue weighted by molar-refractivity contribution is 7.92. The number of nitrogens with zero attached hydrogens (tertiary/aromatic N) is 2. The molecule has 1 atom stereocenters. The Morgan fingerprint density at radius 2 is 1.46 bits per heavy atom. The maximum absolute atomic E-state index is 14.9. The lowest BCUT2D eigenvalue weighted by molar-refractivity contribution is -0.140. The molecule has 1 aliphatic carbocycles. The first kappa shape index (κ1) is 36.3. The number of hydrogen-bond acceptors (Lipinski definition) is 7. The van der Waals surface area contributed by atoms with Crippen molar-refractivity contribution in [2.75, 3.05) is 32.2 Å². The third kappa shape index (κ3) is 8.76. The Kier molecular flexibility index (Phi) is 12.0. The number of rotatable bonds is 15. The molecular formula is C39H45N3O7S. The standard InChI is InChI=1S/C39H45N3O7S/c1-28-17-20-34(21-18-28)50(45,46)42(35-25-33(48-3)19-22-37(35)49-4)27-38(43)41(26-30-13-10-16-32(23-30)47-2)36(24-29-11-6-5-7-12-29)39(44)40-31-14-8-9-15-31/h5-7,10-13,16-23,25,31,36H,8-9,14-15,24,26-27H2,1-4H3,(H,40,44)/t36-/m0/s1. The average Bonchev–Trinajstić information content (AvgIpc) is 3.65. The predicted octanol–water partition coefficient (Wildman–Crippen LogP) is 5.92. The van der Waals surface area contributed by atoms with E-state index in [1.54, 1.807) is 43.5 Å². The highest BCUT2D eigenvalue weighted by Gasteiger charge is 2.36. The summed E-state index contributed by atoms with van der Waals surface area (Å²) in [5.41, 5.74) is 2.58. The smallest absolute Gasteiger partial charge is 0.264 e. The molecule has 0 saturated heterocycles. The van der Waals surface area contributed by atoms with Gasteiger partial charge in [0.15, 0.2) is 0 Å². The molecule has 50 heavy (non-hydrogen) atoms. The van der Waals surface area contributed by atoms with E-state index in [1.165, 1.54) is 37.3 Å². The number of nitrogens with one attached hydrogen (secondary N) is 1. The van der Waals surface area contributed by atoms with Crippen molar-refractivity contribution in [3.05, 3.63) is 114 Å². The van der Waals surface area contributed by atoms with E-state index < -0.39 is 28.5 Å². The molecule has 1 N–H and O–H groups in total. The molecule has 0 aromatic heterocycles. The summed E-state index contributed by atoms with van der Waals surface area (Å²) >= 11 is 0. The van der Waals surface area contributed by atoms with Gasteiger partial charge in [0.05, 0.1) is 31.9 Å². The van der Waals surface area contributed by atoms with Crippen molar-refractivity contribution < 1.29 is 32.2 Å². The van der Waals surface area contributed by atoms with Gasteiger partial charge in [-0.25, -0.2) is 8.42 Å². The summed E-state index contributed by atoms with van der Waals surface area (Å²) in [5.74, 6) is 0.339. The third-order valence-electron chi connectivity index (χ3n) is 9.00. The van der Waals surface area contributed by atoms with Crippen molar-refractivity contribution in [1.29, 1.82) is 0 Å². The highest BCUT2D eigenvalue weighted by atomic mass is 32.2. The van der Waals surface area contributed by atoms with E-state index >= 15 is 0 Å². The Balaban J connectivity index is 1.62. The third-order valence-corrected chi connectivity index (χ3v) is 10.8. The van der Waals surface area contributed by atoms with Gasteiger partial charge in [0.2, 0.25) is 11.8 Å². The summed E-state index contributed by atoms with van der Waals surface area (Å²) in [6, 6.07) is 27.0. The minimum atomic E-state index is -4.33. The molecule has 5 rings (SSSR count). The van der Waals surface area contributed by atoms with Gasteiger partial charge in [-0.1, -0.05) is 73.0 Å². The van der Waals surface area contributed by atoms with Crippen LogP contribution in [0.25, 0.3) is 0 Å². The summed E-state index contributed by atoms with van der Waals surface area (Å²) in [7, 11) is 0.133. The first-order valence-corrected chi connectivity index (χ1v) is 18.1. The number of carbonyl (C=O) groups excluding carboxylic acids is 2. The molecule has 11 heteroatoms. The highest BCUT2D eigenvalue weighted by Crippen LogP contribution is 2.36. The average molecular weight is 700 g/mol. The van der Waals surface area contributed by atoms with E-state index in [4.69, 9.17) is 14.2 Å². The van der Waals surface area contributed by atoms with Crippen LogP contribution in [0.4, 0.5) is 5.69 Å². The van der Waals surface area contributed by atoms with E-state index in [2.05, 4.69) is 5.32 Å². The van der Waals surface area contributed by atoms with Gasteiger partial charge in [0.1, 0.15) is 29.8 Å². The zero-order valence-electron chi connectivity index (χ0n) is 29.0. The van der Waals surface area contributed by atoms with Crippen LogP contribution in [0.15, 0.2) is 102 Å². The van der Waals surface area contributed by atoms with Crippen molar-refractivity contribution in [1.82, 2.24) is 10.2 Å². The molecule has 4 aromatic carbocycles. The second kappa shape index (κ2) is 16.6. The van der Waals surface area contributed by atoms with E-state index in [-0.39, 0.29) is 41.2 Å². The first-order valence-electron chi connectivity index (χ1n) is 16.7. The van der Waals surface area contributed by atoms with Crippen LogP contribution >= 0.6 is 0 Å².